The van der Waals surface area contributed by atoms with Crippen molar-refractivity contribution in [2.24, 2.45) is 0 Å². The molecule has 0 bridgehead atoms. The smallest absolute Gasteiger partial charge is 0.319 e. The topological polar surface area (TPSA) is 112 Å². The van der Waals surface area contributed by atoms with Crippen molar-refractivity contribution in [1.82, 2.24) is 10.6 Å². The molecule has 0 saturated heterocycles. The number of hydrogen-bond donors (Lipinski definition) is 4. The Kier molecular flexibility index (Phi) is 7.21. The van der Waals surface area contributed by atoms with Crippen LogP contribution in [0.25, 0.3) is 6.08 Å². The predicted octanol–water partition coefficient (Wildman–Crippen LogP) is 3.83. The summed E-state index contributed by atoms with van der Waals surface area (Å²) < 4.78 is 5.28. The molecular formula is C23H22N4O4. The highest BCUT2D eigenvalue weighted by Crippen LogP contribution is 2.16. The van der Waals surface area contributed by atoms with Crippen molar-refractivity contribution in [1.29, 1.82) is 0 Å². The summed E-state index contributed by atoms with van der Waals surface area (Å²) in [7, 11) is 0. The molecule has 0 aliphatic heterocycles. The molecule has 0 aliphatic rings. The summed E-state index contributed by atoms with van der Waals surface area (Å²) in [5, 5.41) is 10.7. The van der Waals surface area contributed by atoms with Gasteiger partial charge < -0.3 is 25.7 Å². The molecule has 1 aromatic heterocycles. The Labute approximate surface area is 179 Å². The first-order valence-corrected chi connectivity index (χ1v) is 9.63. The van der Waals surface area contributed by atoms with Crippen LogP contribution >= 0.6 is 0 Å². The Bertz CT molecular complexity index is 1080. The summed E-state index contributed by atoms with van der Waals surface area (Å²) in [5.74, 6) is -0.568. The van der Waals surface area contributed by atoms with Crippen LogP contribution in [-0.2, 0) is 4.79 Å². The molecule has 1 heterocycles. The van der Waals surface area contributed by atoms with Crippen LogP contribution in [-0.4, -0.2) is 24.4 Å². The van der Waals surface area contributed by atoms with Gasteiger partial charge in [-0.15, -0.1) is 0 Å². The average molecular weight is 418 g/mol. The van der Waals surface area contributed by atoms with E-state index < -0.39 is 11.8 Å². The maximum Gasteiger partial charge on any atom is 0.319 e. The number of carbonyl (C=O) groups is 3. The van der Waals surface area contributed by atoms with E-state index in [1.54, 1.807) is 66.7 Å². The lowest BCUT2D eigenvalue weighted by Gasteiger charge is -2.12. The van der Waals surface area contributed by atoms with Crippen LogP contribution in [0.1, 0.15) is 23.0 Å². The van der Waals surface area contributed by atoms with Crippen molar-refractivity contribution in [3.8, 4) is 0 Å². The second-order valence-corrected chi connectivity index (χ2v) is 6.41. The zero-order valence-electron chi connectivity index (χ0n) is 16.8. The third-order valence-electron chi connectivity index (χ3n) is 4.07. The minimum absolute atomic E-state index is 0.00545. The molecule has 2 aromatic carbocycles. The number of urea groups is 1. The van der Waals surface area contributed by atoms with Gasteiger partial charge in [0.05, 0.1) is 6.26 Å². The van der Waals surface area contributed by atoms with Crippen molar-refractivity contribution < 1.29 is 18.8 Å². The van der Waals surface area contributed by atoms with Gasteiger partial charge in [0.25, 0.3) is 11.8 Å². The van der Waals surface area contributed by atoms with Gasteiger partial charge in [-0.05, 0) is 49.4 Å². The molecule has 0 spiro atoms. The Hall–Kier alpha value is -4.33. The summed E-state index contributed by atoms with van der Waals surface area (Å²) in [6, 6.07) is 18.2. The molecule has 3 aromatic rings. The average Bonchev–Trinajstić information content (AvgIpc) is 3.27. The van der Waals surface area contributed by atoms with Crippen molar-refractivity contribution in [2.75, 3.05) is 17.2 Å². The van der Waals surface area contributed by atoms with Crippen LogP contribution in [0.5, 0.6) is 0 Å². The van der Waals surface area contributed by atoms with Crippen molar-refractivity contribution in [3.05, 3.63) is 90.0 Å². The van der Waals surface area contributed by atoms with Crippen LogP contribution in [0.2, 0.25) is 0 Å². The highest BCUT2D eigenvalue weighted by Gasteiger charge is 2.16. The van der Waals surface area contributed by atoms with E-state index in [0.717, 1.165) is 0 Å². The molecule has 8 nitrogen and oxygen atoms in total. The molecular weight excluding hydrogens is 396 g/mol. The first-order chi connectivity index (χ1) is 15.0. The first-order valence-electron chi connectivity index (χ1n) is 9.63. The molecule has 0 atom stereocenters. The summed E-state index contributed by atoms with van der Waals surface area (Å²) in [6.45, 7) is 2.30. The number of benzene rings is 2. The number of furan rings is 1. The van der Waals surface area contributed by atoms with Gasteiger partial charge in [0.15, 0.2) is 0 Å². The maximum absolute atomic E-state index is 12.9. The maximum atomic E-state index is 12.9. The number of nitrogens with one attached hydrogen (secondary N) is 4. The fourth-order valence-electron chi connectivity index (χ4n) is 2.67. The molecule has 0 saturated carbocycles. The van der Waals surface area contributed by atoms with Crippen LogP contribution in [0.3, 0.4) is 0 Å². The molecule has 4 amide bonds. The number of rotatable bonds is 7. The minimum atomic E-state index is -0.546. The van der Waals surface area contributed by atoms with E-state index in [2.05, 4.69) is 21.3 Å². The summed E-state index contributed by atoms with van der Waals surface area (Å²) in [4.78, 5) is 37.2. The highest BCUT2D eigenvalue weighted by atomic mass is 16.3. The van der Waals surface area contributed by atoms with E-state index in [9.17, 15) is 14.4 Å². The number of anilines is 2. The van der Waals surface area contributed by atoms with E-state index in [1.807, 2.05) is 6.92 Å². The van der Waals surface area contributed by atoms with Gasteiger partial charge in [-0.2, -0.15) is 0 Å². The Balaban J connectivity index is 1.77. The van der Waals surface area contributed by atoms with Crippen LogP contribution in [0.4, 0.5) is 16.2 Å². The lowest BCUT2D eigenvalue weighted by atomic mass is 10.2. The lowest BCUT2D eigenvalue weighted by molar-refractivity contribution is -0.113. The van der Waals surface area contributed by atoms with Gasteiger partial charge >= 0.3 is 6.03 Å². The fourth-order valence-corrected chi connectivity index (χ4v) is 2.67. The van der Waals surface area contributed by atoms with E-state index in [-0.39, 0.29) is 11.7 Å². The molecule has 0 radical (unpaired) electrons. The van der Waals surface area contributed by atoms with Crippen LogP contribution in [0, 0.1) is 0 Å². The number of amides is 4. The molecule has 3 rings (SSSR count). The van der Waals surface area contributed by atoms with E-state index in [0.29, 0.717) is 29.2 Å². The van der Waals surface area contributed by atoms with Gasteiger partial charge in [-0.3, -0.25) is 9.59 Å². The normalized spacial score (nSPS) is 10.8. The van der Waals surface area contributed by atoms with Crippen LogP contribution in [0.15, 0.2) is 83.1 Å². The molecule has 0 fully saturated rings. The van der Waals surface area contributed by atoms with Crippen molar-refractivity contribution in [3.63, 3.8) is 0 Å². The van der Waals surface area contributed by atoms with E-state index in [4.69, 9.17) is 4.42 Å². The quantitative estimate of drug-likeness (QED) is 0.437. The van der Waals surface area contributed by atoms with Gasteiger partial charge in [0.2, 0.25) is 0 Å². The van der Waals surface area contributed by atoms with Crippen LogP contribution < -0.4 is 21.3 Å². The first kappa shape index (κ1) is 21.4. The van der Waals surface area contributed by atoms with E-state index in [1.165, 1.54) is 12.3 Å². The number of hydrogen-bond acceptors (Lipinski definition) is 4. The molecule has 158 valence electrons. The second kappa shape index (κ2) is 10.4. The summed E-state index contributed by atoms with van der Waals surface area (Å²) in [5.41, 5.74) is 1.37. The molecule has 8 heteroatoms. The second-order valence-electron chi connectivity index (χ2n) is 6.41. The zero-order chi connectivity index (χ0) is 22.1. The Morgan fingerprint density at radius 2 is 1.65 bits per heavy atom. The van der Waals surface area contributed by atoms with E-state index >= 15 is 0 Å². The van der Waals surface area contributed by atoms with Crippen molar-refractivity contribution >= 4 is 35.3 Å². The third-order valence-corrected chi connectivity index (χ3v) is 4.07. The zero-order valence-corrected chi connectivity index (χ0v) is 16.8. The number of carbonyl (C=O) groups excluding carboxylic acids is 3. The Morgan fingerprint density at radius 1 is 0.903 bits per heavy atom. The van der Waals surface area contributed by atoms with Gasteiger partial charge in [-0.1, -0.05) is 24.3 Å². The molecule has 0 aliphatic carbocycles. The summed E-state index contributed by atoms with van der Waals surface area (Å²) >= 11 is 0. The summed E-state index contributed by atoms with van der Waals surface area (Å²) in [6.07, 6.45) is 2.91. The molecule has 31 heavy (non-hydrogen) atoms. The standard InChI is InChI=1S/C23H22N4O4/c1-2-24-23(30)26-18-11-6-10-17(14-18)25-22(29)20(15-19-12-7-13-31-19)27-21(28)16-8-4-3-5-9-16/h3-15H,2H2,1H3,(H,25,29)(H,27,28)(H2,24,26,30). The fraction of sp³-hybridized carbons (Fsp3) is 0.0870. The van der Waals surface area contributed by atoms with Gasteiger partial charge in [-0.25, -0.2) is 4.79 Å². The predicted molar refractivity (Wildman–Crippen MR) is 118 cm³/mol. The lowest BCUT2D eigenvalue weighted by Crippen LogP contribution is -2.30. The van der Waals surface area contributed by atoms with Gasteiger partial charge in [0.1, 0.15) is 11.5 Å². The third kappa shape index (κ3) is 6.33. The van der Waals surface area contributed by atoms with Crippen molar-refractivity contribution in [2.45, 2.75) is 6.92 Å². The highest BCUT2D eigenvalue weighted by molar-refractivity contribution is 6.10. The van der Waals surface area contributed by atoms with Gasteiger partial charge in [0, 0.05) is 29.6 Å². The Morgan fingerprint density at radius 3 is 2.32 bits per heavy atom. The SMILES string of the molecule is CCNC(=O)Nc1cccc(NC(=O)C(=Cc2ccco2)NC(=O)c2ccccc2)c1. The monoisotopic (exact) mass is 418 g/mol. The molecule has 4 N–H and O–H groups in total. The largest absolute Gasteiger partial charge is 0.465 e. The molecule has 0 unspecified atom stereocenters. The minimum Gasteiger partial charge on any atom is -0.465 e.